The van der Waals surface area contributed by atoms with E-state index in [0.717, 1.165) is 72.3 Å². The first-order valence-corrected chi connectivity index (χ1v) is 35.6. The Labute approximate surface area is 610 Å². The molecular weight excluding hydrogens is 1360 g/mol. The van der Waals surface area contributed by atoms with Crippen LogP contribution in [0.4, 0.5) is 34.1 Å². The second kappa shape index (κ2) is 32.9. The Morgan fingerprint density at radius 3 is 1.14 bits per heavy atom. The van der Waals surface area contributed by atoms with Crippen LogP contribution in [0.5, 0.6) is 0 Å². The quantitative estimate of drug-likeness (QED) is 0.0205. The summed E-state index contributed by atoms with van der Waals surface area (Å²) in [4.78, 5) is 123. The van der Waals surface area contributed by atoms with Crippen LogP contribution in [0.15, 0.2) is 146 Å². The van der Waals surface area contributed by atoms with Crippen LogP contribution in [0.25, 0.3) is 17.1 Å². The van der Waals surface area contributed by atoms with Crippen LogP contribution in [0, 0.1) is 0 Å². The minimum atomic E-state index is -0.682. The number of carbonyl (C=O) groups is 9. The van der Waals surface area contributed by atoms with Crippen LogP contribution < -0.4 is 35.6 Å². The van der Waals surface area contributed by atoms with Crippen molar-refractivity contribution in [1.29, 1.82) is 0 Å². The van der Waals surface area contributed by atoms with Gasteiger partial charge in [-0.1, -0.05) is 36.4 Å². The van der Waals surface area contributed by atoms with Gasteiger partial charge in [0.2, 0.25) is 17.7 Å². The zero-order chi connectivity index (χ0) is 74.0. The number of esters is 1. The second-order valence-electron chi connectivity index (χ2n) is 25.8. The second-order valence-corrected chi connectivity index (χ2v) is 26.2. The number of aliphatic hydroxyl groups excluding tert-OH is 3. The molecule has 0 spiro atoms. The molecule has 0 aliphatic carbocycles. The molecule has 6 aromatic carbocycles. The normalized spacial score (nSPS) is 14.9. The Bertz CT molecular complexity index is 4550. The Balaban J connectivity index is 0.000000148. The third-order valence-electron chi connectivity index (χ3n) is 19.0. The van der Waals surface area contributed by atoms with E-state index >= 15 is 0 Å². The largest absolute Gasteiger partial charge is 0.461 e. The fraction of sp³-hybridized carbons (Fsp3) is 0.308. The van der Waals surface area contributed by atoms with Crippen molar-refractivity contribution in [2.75, 3.05) is 75.0 Å². The van der Waals surface area contributed by atoms with E-state index in [1.165, 1.54) is 21.0 Å². The van der Waals surface area contributed by atoms with Gasteiger partial charge in [0, 0.05) is 116 Å². The predicted molar refractivity (Wildman–Crippen MR) is 394 cm³/mol. The minimum absolute atomic E-state index is 0.0814. The molecule has 6 N–H and O–H groups in total. The first-order valence-electron chi connectivity index (χ1n) is 35.1. The summed E-state index contributed by atoms with van der Waals surface area (Å²) >= 11 is 5.67. The van der Waals surface area contributed by atoms with Gasteiger partial charge in [0.25, 0.3) is 23.6 Å². The SMILES string of the molecule is CC(=O)c1nn(-c2ccc(CO)cc2)c2c1CCN(c1ccc(N3CCCCC3=O)cc1)C2=O.CCOC(=O)c1nn(-c2ccc(CO)cc2)c2c1CCN(c1ccc(NC(=O)CCCCCl)cc1)C2=O.NC(=O)c1nn(-c2ccc(CO)cc2)c2c1CCN(c1ccc(N3CCCCC3=O)cc1)C2=O. The van der Waals surface area contributed by atoms with Crippen LogP contribution in [-0.4, -0.2) is 143 Å². The lowest BCUT2D eigenvalue weighted by atomic mass is 10.0. The molecule has 9 aromatic rings. The number of carbonyl (C=O) groups excluding carboxylic acids is 9. The summed E-state index contributed by atoms with van der Waals surface area (Å²) in [5, 5.41) is 44.2. The Morgan fingerprint density at radius 2 is 0.790 bits per heavy atom. The summed E-state index contributed by atoms with van der Waals surface area (Å²) in [5.41, 5.74) is 17.2. The summed E-state index contributed by atoms with van der Waals surface area (Å²) in [5.74, 6) is -1.55. The van der Waals surface area contributed by atoms with Crippen molar-refractivity contribution in [3.63, 3.8) is 0 Å². The number of benzene rings is 6. The number of aliphatic hydroxyl groups is 3. The van der Waals surface area contributed by atoms with E-state index in [-0.39, 0.29) is 79.0 Å². The number of rotatable bonds is 20. The molecule has 7 amide bonds. The number of ketones is 1. The molecule has 2 saturated heterocycles. The van der Waals surface area contributed by atoms with Gasteiger partial charge in [-0.2, -0.15) is 15.3 Å². The highest BCUT2D eigenvalue weighted by Gasteiger charge is 2.39. The number of nitrogens with one attached hydrogen (secondary N) is 1. The maximum Gasteiger partial charge on any atom is 0.359 e. The molecule has 8 heterocycles. The summed E-state index contributed by atoms with van der Waals surface area (Å²) in [7, 11) is 0. The number of hydrogen-bond acceptors (Lipinski definition) is 16. The van der Waals surface area contributed by atoms with Gasteiger partial charge in [0.05, 0.1) is 43.5 Å². The number of fused-ring (bicyclic) bond motifs is 3. The minimum Gasteiger partial charge on any atom is -0.461 e. The summed E-state index contributed by atoms with van der Waals surface area (Å²) in [6, 6.07) is 43.0. The highest BCUT2D eigenvalue weighted by Crippen LogP contribution is 2.35. The molecule has 105 heavy (non-hydrogen) atoms. The number of alkyl halides is 1. The first-order chi connectivity index (χ1) is 50.9. The number of nitrogens with two attached hydrogens (primary N) is 1. The van der Waals surface area contributed by atoms with E-state index in [2.05, 4.69) is 20.6 Å². The van der Waals surface area contributed by atoms with Gasteiger partial charge in [0.15, 0.2) is 17.2 Å². The Kier molecular flexibility index (Phi) is 23.0. The topological polar surface area (TPSA) is 331 Å². The number of unbranched alkanes of at least 4 members (excludes halogenated alkanes) is 1. The molecule has 0 bridgehead atoms. The smallest absolute Gasteiger partial charge is 0.359 e. The van der Waals surface area contributed by atoms with Gasteiger partial charge in [0.1, 0.15) is 22.8 Å². The Hall–Kier alpha value is -11.5. The Morgan fingerprint density at radius 1 is 0.448 bits per heavy atom. The van der Waals surface area contributed by atoms with Crippen LogP contribution in [0.2, 0.25) is 0 Å². The van der Waals surface area contributed by atoms with E-state index in [4.69, 9.17) is 22.1 Å². The number of nitrogens with zero attached hydrogens (tertiary/aromatic N) is 11. The highest BCUT2D eigenvalue weighted by molar-refractivity contribution is 6.18. The average molecular weight is 1440 g/mol. The monoisotopic (exact) mass is 1440 g/mol. The molecular formula is C78H80ClN13O13. The van der Waals surface area contributed by atoms with Crippen LogP contribution in [0.3, 0.4) is 0 Å². The van der Waals surface area contributed by atoms with Crippen LogP contribution in [0.1, 0.15) is 168 Å². The van der Waals surface area contributed by atoms with Crippen molar-refractivity contribution in [2.24, 2.45) is 5.73 Å². The van der Waals surface area contributed by atoms with Gasteiger partial charge >= 0.3 is 5.97 Å². The summed E-state index contributed by atoms with van der Waals surface area (Å²) < 4.78 is 9.63. The molecule has 5 aliphatic heterocycles. The highest BCUT2D eigenvalue weighted by atomic mass is 35.5. The molecule has 542 valence electrons. The van der Waals surface area contributed by atoms with E-state index < -0.39 is 11.9 Å². The van der Waals surface area contributed by atoms with E-state index in [1.807, 2.05) is 48.5 Å². The van der Waals surface area contributed by atoms with Gasteiger partial charge in [-0.15, -0.1) is 11.6 Å². The van der Waals surface area contributed by atoms with Gasteiger partial charge in [-0.05, 0) is 191 Å². The first kappa shape index (κ1) is 73.3. The number of anilines is 6. The molecule has 3 aromatic heterocycles. The van der Waals surface area contributed by atoms with Crippen molar-refractivity contribution < 1.29 is 63.2 Å². The van der Waals surface area contributed by atoms with Crippen molar-refractivity contribution in [1.82, 2.24) is 29.3 Å². The zero-order valence-corrected chi connectivity index (χ0v) is 59.0. The summed E-state index contributed by atoms with van der Waals surface area (Å²) in [6.45, 7) is 5.67. The van der Waals surface area contributed by atoms with Crippen molar-refractivity contribution in [2.45, 2.75) is 111 Å². The number of amides is 7. The molecule has 0 saturated carbocycles. The number of Topliss-reactive ketones (excluding diaryl/α,β-unsaturated/α-hetero) is 1. The zero-order valence-electron chi connectivity index (χ0n) is 58.2. The fourth-order valence-electron chi connectivity index (χ4n) is 13.6. The third kappa shape index (κ3) is 15.7. The van der Waals surface area contributed by atoms with Crippen molar-refractivity contribution in [3.8, 4) is 17.1 Å². The molecule has 0 unspecified atom stereocenters. The molecule has 27 heteroatoms. The molecule has 0 atom stereocenters. The van der Waals surface area contributed by atoms with Gasteiger partial charge in [-0.25, -0.2) is 18.8 Å². The van der Waals surface area contributed by atoms with Gasteiger partial charge < -0.3 is 55.6 Å². The lowest BCUT2D eigenvalue weighted by Crippen LogP contribution is -2.39. The van der Waals surface area contributed by atoms with E-state index in [9.17, 15) is 58.5 Å². The van der Waals surface area contributed by atoms with Crippen LogP contribution in [-0.2, 0) is 58.2 Å². The number of hydrogen-bond donors (Lipinski definition) is 5. The molecule has 2 fully saturated rings. The molecule has 5 aliphatic rings. The summed E-state index contributed by atoms with van der Waals surface area (Å²) in [6.07, 6.45) is 8.20. The molecule has 14 rings (SSSR count). The average Bonchev–Trinajstić information content (AvgIpc) is 1.59. The van der Waals surface area contributed by atoms with E-state index in [1.54, 1.807) is 128 Å². The lowest BCUT2D eigenvalue weighted by molar-refractivity contribution is -0.120. The van der Waals surface area contributed by atoms with E-state index in [0.29, 0.717) is 151 Å². The molecule has 26 nitrogen and oxygen atoms in total. The fourth-order valence-corrected chi connectivity index (χ4v) is 13.8. The number of ether oxygens (including phenoxy) is 1. The number of aromatic nitrogens is 6. The third-order valence-corrected chi connectivity index (χ3v) is 19.3. The standard InChI is InChI=1S/C27H29ClN4O5.C26H26N4O4.C25H25N5O4/c1-2-37-27(36)24-22-14-16-31(20-12-8-19(9-13-20)29-23(34)5-3-4-15-28)26(35)25(22)32(30-24)21-10-6-18(17-33)7-11-21;1-17(32)24-22-13-15-29(20-11-9-19(10-12-20)28-14-3-2-4-23(28)33)26(34)25(22)30(27-24)21-7-5-18(16-31)6-8-21;26-24(33)22-20-12-14-29(18-10-8-17(9-11-18)28-13-2-1-3-21(28)32)25(34)23(20)30(27-22)19-6-4-16(15-31)5-7-19/h6-13,33H,2-5,14-17H2,1H3,(H,29,34);5-12,31H,2-4,13-16H2,1H3;4-11,31H,1-3,12-15H2,(H2,26,33). The maximum absolute atomic E-state index is 13.7. The number of halogens is 1. The van der Waals surface area contributed by atoms with Crippen molar-refractivity contribution in [3.05, 3.63) is 213 Å². The number of piperidine rings is 2. The molecule has 0 radical (unpaired) electrons. The van der Waals surface area contributed by atoms with Crippen molar-refractivity contribution >= 4 is 98.8 Å². The predicted octanol–water partition coefficient (Wildman–Crippen LogP) is 9.56. The lowest BCUT2D eigenvalue weighted by Gasteiger charge is -2.29. The van der Waals surface area contributed by atoms with Gasteiger partial charge in [-0.3, -0.25) is 38.4 Å². The van der Waals surface area contributed by atoms with Crippen LogP contribution >= 0.6 is 11.6 Å². The number of primary amides is 1. The maximum atomic E-state index is 13.7.